The zero-order chi connectivity index (χ0) is 13.0. The van der Waals surface area contributed by atoms with Crippen molar-refractivity contribution in [3.8, 4) is 0 Å². The summed E-state index contributed by atoms with van der Waals surface area (Å²) in [5.74, 6) is -0.909. The predicted molar refractivity (Wildman–Crippen MR) is 65.5 cm³/mol. The molecule has 1 saturated heterocycles. The van der Waals surface area contributed by atoms with Gasteiger partial charge in [0.05, 0.1) is 24.9 Å². The lowest BCUT2D eigenvalue weighted by atomic mass is 10.1. The number of benzene rings is 1. The van der Waals surface area contributed by atoms with Crippen LogP contribution in [0.3, 0.4) is 0 Å². The monoisotopic (exact) mass is 251 g/mol. The van der Waals surface area contributed by atoms with E-state index in [1.807, 2.05) is 12.1 Å². The molecule has 1 unspecified atom stereocenters. The molecular formula is C13H17NO4. The third kappa shape index (κ3) is 3.29. The molecule has 1 aromatic carbocycles. The van der Waals surface area contributed by atoms with Gasteiger partial charge in [-0.3, -0.25) is 4.90 Å². The van der Waals surface area contributed by atoms with E-state index < -0.39 is 5.97 Å². The highest BCUT2D eigenvalue weighted by atomic mass is 16.5. The number of morpholine rings is 1. The molecule has 1 aliphatic heterocycles. The number of aliphatic hydroxyl groups is 1. The maximum Gasteiger partial charge on any atom is 0.335 e. The predicted octanol–water partition coefficient (Wildman–Crippen LogP) is 0.578. The van der Waals surface area contributed by atoms with Gasteiger partial charge in [-0.25, -0.2) is 4.79 Å². The van der Waals surface area contributed by atoms with E-state index in [1.165, 1.54) is 0 Å². The Balaban J connectivity index is 1.94. The summed E-state index contributed by atoms with van der Waals surface area (Å²) in [6, 6.07) is 6.88. The second-order valence-corrected chi connectivity index (χ2v) is 4.41. The smallest absolute Gasteiger partial charge is 0.335 e. The molecule has 5 heteroatoms. The van der Waals surface area contributed by atoms with E-state index in [0.717, 1.165) is 18.7 Å². The van der Waals surface area contributed by atoms with Crippen LogP contribution in [0, 0.1) is 0 Å². The van der Waals surface area contributed by atoms with Gasteiger partial charge < -0.3 is 14.9 Å². The van der Waals surface area contributed by atoms with Crippen molar-refractivity contribution in [1.82, 2.24) is 4.90 Å². The molecule has 2 N–H and O–H groups in total. The van der Waals surface area contributed by atoms with Crippen molar-refractivity contribution < 1.29 is 19.7 Å². The first-order chi connectivity index (χ1) is 8.69. The molecule has 0 spiro atoms. The van der Waals surface area contributed by atoms with E-state index in [4.69, 9.17) is 14.9 Å². The average Bonchev–Trinajstić information content (AvgIpc) is 2.39. The van der Waals surface area contributed by atoms with E-state index in [9.17, 15) is 4.79 Å². The van der Waals surface area contributed by atoms with E-state index in [-0.39, 0.29) is 12.7 Å². The summed E-state index contributed by atoms with van der Waals surface area (Å²) in [5, 5.41) is 17.9. The Kier molecular flexibility index (Phi) is 4.30. The Bertz CT molecular complexity index is 404. The van der Waals surface area contributed by atoms with Crippen molar-refractivity contribution in [3.05, 3.63) is 35.4 Å². The van der Waals surface area contributed by atoms with Crippen LogP contribution in [0.1, 0.15) is 15.9 Å². The highest BCUT2D eigenvalue weighted by Crippen LogP contribution is 2.11. The van der Waals surface area contributed by atoms with Gasteiger partial charge in [0.15, 0.2) is 0 Å². The maximum absolute atomic E-state index is 10.7. The first kappa shape index (κ1) is 13.0. The van der Waals surface area contributed by atoms with Crippen molar-refractivity contribution >= 4 is 5.97 Å². The minimum atomic E-state index is -0.909. The summed E-state index contributed by atoms with van der Waals surface area (Å²) >= 11 is 0. The second kappa shape index (κ2) is 5.95. The van der Waals surface area contributed by atoms with Gasteiger partial charge >= 0.3 is 5.97 Å². The standard InChI is InChI=1S/C13H17NO4/c15-9-12-8-14(5-6-18-12)7-10-1-3-11(4-2-10)13(16)17/h1-4,12,15H,5-9H2,(H,16,17). The Morgan fingerprint density at radius 2 is 2.11 bits per heavy atom. The van der Waals surface area contributed by atoms with Crippen molar-refractivity contribution in [3.63, 3.8) is 0 Å². The van der Waals surface area contributed by atoms with Crippen LogP contribution in [0.4, 0.5) is 0 Å². The fraction of sp³-hybridized carbons (Fsp3) is 0.462. The summed E-state index contributed by atoms with van der Waals surface area (Å²) in [7, 11) is 0. The van der Waals surface area contributed by atoms with Gasteiger partial charge in [-0.1, -0.05) is 12.1 Å². The molecule has 1 heterocycles. The number of hydrogen-bond acceptors (Lipinski definition) is 4. The summed E-state index contributed by atoms with van der Waals surface area (Å²) in [5.41, 5.74) is 1.37. The number of carboxylic acid groups (broad SMARTS) is 1. The molecule has 98 valence electrons. The quantitative estimate of drug-likeness (QED) is 0.819. The topological polar surface area (TPSA) is 70.0 Å². The van der Waals surface area contributed by atoms with E-state index in [2.05, 4.69) is 4.90 Å². The van der Waals surface area contributed by atoms with Gasteiger partial charge in [-0.15, -0.1) is 0 Å². The Morgan fingerprint density at radius 3 is 2.72 bits per heavy atom. The van der Waals surface area contributed by atoms with Crippen molar-refractivity contribution in [2.75, 3.05) is 26.3 Å². The number of aliphatic hydroxyl groups excluding tert-OH is 1. The van der Waals surface area contributed by atoms with Gasteiger partial charge in [0.25, 0.3) is 0 Å². The first-order valence-electron chi connectivity index (χ1n) is 5.96. The molecule has 0 aromatic heterocycles. The lowest BCUT2D eigenvalue weighted by Gasteiger charge is -2.31. The molecule has 0 aliphatic carbocycles. The fourth-order valence-electron chi connectivity index (χ4n) is 2.05. The van der Waals surface area contributed by atoms with Crippen LogP contribution in [0.25, 0.3) is 0 Å². The van der Waals surface area contributed by atoms with Crippen molar-refractivity contribution in [2.24, 2.45) is 0 Å². The Labute approximate surface area is 106 Å². The second-order valence-electron chi connectivity index (χ2n) is 4.41. The van der Waals surface area contributed by atoms with Gasteiger partial charge in [0.1, 0.15) is 0 Å². The summed E-state index contributed by atoms with van der Waals surface area (Å²) in [4.78, 5) is 12.9. The molecule has 1 atom stereocenters. The highest BCUT2D eigenvalue weighted by Gasteiger charge is 2.19. The number of hydrogen-bond donors (Lipinski definition) is 2. The molecular weight excluding hydrogens is 234 g/mol. The van der Waals surface area contributed by atoms with Crippen LogP contribution in [0.15, 0.2) is 24.3 Å². The van der Waals surface area contributed by atoms with Crippen LogP contribution < -0.4 is 0 Å². The number of carbonyl (C=O) groups is 1. The van der Waals surface area contributed by atoms with Crippen LogP contribution in [0.5, 0.6) is 0 Å². The number of aromatic carboxylic acids is 1. The zero-order valence-electron chi connectivity index (χ0n) is 10.1. The summed E-state index contributed by atoms with van der Waals surface area (Å²) in [6.45, 7) is 2.95. The maximum atomic E-state index is 10.7. The normalized spacial score (nSPS) is 20.8. The van der Waals surface area contributed by atoms with Gasteiger partial charge in [0.2, 0.25) is 0 Å². The highest BCUT2D eigenvalue weighted by molar-refractivity contribution is 5.87. The van der Waals surface area contributed by atoms with Crippen molar-refractivity contribution in [1.29, 1.82) is 0 Å². The Hall–Kier alpha value is -1.43. The average molecular weight is 251 g/mol. The molecule has 1 fully saturated rings. The molecule has 5 nitrogen and oxygen atoms in total. The summed E-state index contributed by atoms with van der Waals surface area (Å²) in [6.07, 6.45) is -0.114. The molecule has 0 bridgehead atoms. The molecule has 18 heavy (non-hydrogen) atoms. The SMILES string of the molecule is O=C(O)c1ccc(CN2CCOC(CO)C2)cc1. The van der Waals surface area contributed by atoms with Crippen LogP contribution in [-0.2, 0) is 11.3 Å². The lowest BCUT2D eigenvalue weighted by Crippen LogP contribution is -2.43. The number of nitrogens with zero attached hydrogens (tertiary/aromatic N) is 1. The molecule has 0 radical (unpaired) electrons. The molecule has 1 aliphatic rings. The number of ether oxygens (including phenoxy) is 1. The summed E-state index contributed by atoms with van der Waals surface area (Å²) < 4.78 is 5.38. The van der Waals surface area contributed by atoms with Crippen LogP contribution in [0.2, 0.25) is 0 Å². The van der Waals surface area contributed by atoms with Gasteiger partial charge in [0, 0.05) is 19.6 Å². The van der Waals surface area contributed by atoms with E-state index in [0.29, 0.717) is 18.7 Å². The molecule has 0 amide bonds. The minimum Gasteiger partial charge on any atom is -0.478 e. The number of carboxylic acids is 1. The van der Waals surface area contributed by atoms with Crippen LogP contribution >= 0.6 is 0 Å². The molecule has 0 saturated carbocycles. The largest absolute Gasteiger partial charge is 0.478 e. The van der Waals surface area contributed by atoms with Crippen molar-refractivity contribution in [2.45, 2.75) is 12.6 Å². The molecule has 1 aromatic rings. The fourth-order valence-corrected chi connectivity index (χ4v) is 2.05. The Morgan fingerprint density at radius 1 is 1.39 bits per heavy atom. The minimum absolute atomic E-state index is 0.0362. The number of rotatable bonds is 4. The molecule has 2 rings (SSSR count). The van der Waals surface area contributed by atoms with Crippen LogP contribution in [-0.4, -0.2) is 53.5 Å². The third-order valence-corrected chi connectivity index (χ3v) is 3.03. The van der Waals surface area contributed by atoms with Gasteiger partial charge in [-0.05, 0) is 17.7 Å². The lowest BCUT2D eigenvalue weighted by molar-refractivity contribution is -0.0551. The van der Waals surface area contributed by atoms with E-state index in [1.54, 1.807) is 12.1 Å². The first-order valence-corrected chi connectivity index (χ1v) is 5.96. The van der Waals surface area contributed by atoms with Gasteiger partial charge in [-0.2, -0.15) is 0 Å². The zero-order valence-corrected chi connectivity index (χ0v) is 10.1. The van der Waals surface area contributed by atoms with E-state index >= 15 is 0 Å². The third-order valence-electron chi connectivity index (χ3n) is 3.03.